The smallest absolute Gasteiger partial charge is 0.408 e. The van der Waals surface area contributed by atoms with E-state index in [0.717, 1.165) is 0 Å². The molecular weight excluding hydrogens is 289 g/mol. The van der Waals surface area contributed by atoms with Crippen LogP contribution in [-0.2, 0) is 14.3 Å². The molecular formula is C16H28FNO4. The third kappa shape index (κ3) is 8.00. The zero-order valence-corrected chi connectivity index (χ0v) is 14.5. The molecule has 0 aliphatic rings. The summed E-state index contributed by atoms with van der Waals surface area (Å²) in [4.78, 5) is 23.3. The summed E-state index contributed by atoms with van der Waals surface area (Å²) in [6.07, 6.45) is 0.471. The molecule has 6 heteroatoms. The number of amides is 1. The van der Waals surface area contributed by atoms with E-state index in [1.807, 2.05) is 0 Å². The SMILES string of the molecule is CCOC(=O)C(C)/C=C(\F)C(NC(=O)OC(C)(C)C)C(C)C. The van der Waals surface area contributed by atoms with Crippen LogP contribution in [0.15, 0.2) is 11.9 Å². The highest BCUT2D eigenvalue weighted by atomic mass is 19.1. The van der Waals surface area contributed by atoms with Gasteiger partial charge in [-0.15, -0.1) is 0 Å². The van der Waals surface area contributed by atoms with Crippen molar-refractivity contribution in [2.75, 3.05) is 6.61 Å². The summed E-state index contributed by atoms with van der Waals surface area (Å²) in [5.41, 5.74) is -0.663. The van der Waals surface area contributed by atoms with Crippen molar-refractivity contribution in [3.63, 3.8) is 0 Å². The van der Waals surface area contributed by atoms with Crippen LogP contribution in [0.1, 0.15) is 48.5 Å². The fraction of sp³-hybridized carbons (Fsp3) is 0.750. The summed E-state index contributed by atoms with van der Waals surface area (Å²) >= 11 is 0. The minimum atomic E-state index is -0.855. The van der Waals surface area contributed by atoms with Gasteiger partial charge < -0.3 is 14.8 Å². The Hall–Kier alpha value is -1.59. The van der Waals surface area contributed by atoms with Gasteiger partial charge in [0.1, 0.15) is 11.4 Å². The average Bonchev–Trinajstić information content (AvgIpc) is 2.33. The Bertz CT molecular complexity index is 413. The lowest BCUT2D eigenvalue weighted by molar-refractivity contribution is -0.145. The fourth-order valence-electron chi connectivity index (χ4n) is 1.67. The molecule has 0 aliphatic carbocycles. The van der Waals surface area contributed by atoms with Crippen molar-refractivity contribution in [2.45, 2.75) is 60.1 Å². The molecule has 0 saturated heterocycles. The van der Waals surface area contributed by atoms with E-state index >= 15 is 0 Å². The Morgan fingerprint density at radius 3 is 2.18 bits per heavy atom. The number of esters is 1. The van der Waals surface area contributed by atoms with Gasteiger partial charge in [0, 0.05) is 0 Å². The maximum absolute atomic E-state index is 14.3. The second-order valence-electron chi connectivity index (χ2n) is 6.46. The van der Waals surface area contributed by atoms with E-state index in [2.05, 4.69) is 5.32 Å². The third-order valence-electron chi connectivity index (χ3n) is 2.70. The van der Waals surface area contributed by atoms with E-state index in [0.29, 0.717) is 0 Å². The van der Waals surface area contributed by atoms with Crippen LogP contribution in [0.5, 0.6) is 0 Å². The largest absolute Gasteiger partial charge is 0.466 e. The molecule has 0 aromatic carbocycles. The predicted molar refractivity (Wildman–Crippen MR) is 83.0 cm³/mol. The molecule has 0 saturated carbocycles. The number of ether oxygens (including phenoxy) is 2. The van der Waals surface area contributed by atoms with Gasteiger partial charge in [-0.25, -0.2) is 9.18 Å². The number of nitrogens with one attached hydrogen (secondary N) is 1. The highest BCUT2D eigenvalue weighted by Crippen LogP contribution is 2.18. The zero-order valence-electron chi connectivity index (χ0n) is 14.5. The molecule has 1 amide bonds. The van der Waals surface area contributed by atoms with Gasteiger partial charge in [-0.3, -0.25) is 4.79 Å². The number of carbonyl (C=O) groups is 2. The van der Waals surface area contributed by atoms with E-state index in [1.165, 1.54) is 6.08 Å². The topological polar surface area (TPSA) is 64.6 Å². The first-order valence-electron chi connectivity index (χ1n) is 7.51. The van der Waals surface area contributed by atoms with Crippen LogP contribution in [0.2, 0.25) is 0 Å². The van der Waals surface area contributed by atoms with Gasteiger partial charge in [0.05, 0.1) is 18.6 Å². The minimum Gasteiger partial charge on any atom is -0.466 e. The molecule has 0 rings (SSSR count). The maximum atomic E-state index is 14.3. The van der Waals surface area contributed by atoms with Crippen molar-refractivity contribution in [2.24, 2.45) is 11.8 Å². The van der Waals surface area contributed by atoms with Crippen molar-refractivity contribution in [3.8, 4) is 0 Å². The second kappa shape index (κ2) is 8.76. The van der Waals surface area contributed by atoms with Crippen molar-refractivity contribution in [1.82, 2.24) is 5.32 Å². The molecule has 0 radical (unpaired) electrons. The van der Waals surface area contributed by atoms with Gasteiger partial charge in [-0.2, -0.15) is 0 Å². The normalized spacial score (nSPS) is 15.2. The van der Waals surface area contributed by atoms with Crippen molar-refractivity contribution in [3.05, 3.63) is 11.9 Å². The number of halogens is 1. The predicted octanol–water partition coefficient (Wildman–Crippen LogP) is 3.59. The van der Waals surface area contributed by atoms with Crippen LogP contribution < -0.4 is 5.32 Å². The summed E-state index contributed by atoms with van der Waals surface area (Å²) in [5, 5.41) is 2.49. The van der Waals surface area contributed by atoms with E-state index in [-0.39, 0.29) is 12.5 Å². The van der Waals surface area contributed by atoms with Gasteiger partial charge in [0.2, 0.25) is 0 Å². The maximum Gasteiger partial charge on any atom is 0.408 e. The number of carbonyl (C=O) groups excluding carboxylic acids is 2. The van der Waals surface area contributed by atoms with Gasteiger partial charge >= 0.3 is 12.1 Å². The molecule has 0 aliphatic heterocycles. The van der Waals surface area contributed by atoms with Gasteiger partial charge in [-0.1, -0.05) is 13.8 Å². The third-order valence-corrected chi connectivity index (χ3v) is 2.70. The molecule has 128 valence electrons. The van der Waals surface area contributed by atoms with Gasteiger partial charge in [-0.05, 0) is 46.6 Å². The summed E-state index contributed by atoms with van der Waals surface area (Å²) in [5.74, 6) is -2.00. The first-order valence-corrected chi connectivity index (χ1v) is 7.51. The van der Waals surface area contributed by atoms with Crippen LogP contribution in [0, 0.1) is 11.8 Å². The quantitative estimate of drug-likeness (QED) is 0.760. The van der Waals surface area contributed by atoms with E-state index in [1.54, 1.807) is 48.5 Å². The highest BCUT2D eigenvalue weighted by Gasteiger charge is 2.25. The lowest BCUT2D eigenvalue weighted by atomic mass is 10.0. The van der Waals surface area contributed by atoms with E-state index < -0.39 is 35.5 Å². The lowest BCUT2D eigenvalue weighted by Crippen LogP contribution is -2.42. The van der Waals surface area contributed by atoms with Crippen molar-refractivity contribution < 1.29 is 23.5 Å². The molecule has 0 bridgehead atoms. The summed E-state index contributed by atoms with van der Waals surface area (Å²) in [7, 11) is 0. The summed E-state index contributed by atoms with van der Waals surface area (Å²) < 4.78 is 24.3. The fourth-order valence-corrected chi connectivity index (χ4v) is 1.67. The summed E-state index contributed by atoms with van der Waals surface area (Å²) in [6, 6.07) is -0.855. The molecule has 0 aromatic rings. The minimum absolute atomic E-state index is 0.196. The molecule has 1 N–H and O–H groups in total. The highest BCUT2D eigenvalue weighted by molar-refractivity contribution is 5.74. The Balaban J connectivity index is 4.94. The standard InChI is InChI=1S/C16H28FNO4/c1-8-21-14(19)11(4)9-12(17)13(10(2)3)18-15(20)22-16(5,6)7/h9-11,13H,8H2,1-7H3,(H,18,20)/b12-9-. The van der Waals surface area contributed by atoms with Gasteiger partial charge in [0.25, 0.3) is 0 Å². The Labute approximate surface area is 132 Å². The molecule has 2 atom stereocenters. The number of alkyl carbamates (subject to hydrolysis) is 1. The van der Waals surface area contributed by atoms with Crippen LogP contribution in [0.25, 0.3) is 0 Å². The molecule has 22 heavy (non-hydrogen) atoms. The lowest BCUT2D eigenvalue weighted by Gasteiger charge is -2.25. The Kier molecular flexibility index (Phi) is 8.12. The van der Waals surface area contributed by atoms with E-state index in [4.69, 9.17) is 9.47 Å². The molecule has 0 aromatic heterocycles. The Morgan fingerprint density at radius 1 is 1.23 bits per heavy atom. The molecule has 0 heterocycles. The van der Waals surface area contributed by atoms with Crippen LogP contribution in [0.3, 0.4) is 0 Å². The van der Waals surface area contributed by atoms with Crippen LogP contribution in [0.4, 0.5) is 9.18 Å². The molecule has 2 unspecified atom stereocenters. The zero-order chi connectivity index (χ0) is 17.5. The average molecular weight is 317 g/mol. The molecule has 0 fully saturated rings. The second-order valence-corrected chi connectivity index (χ2v) is 6.46. The van der Waals surface area contributed by atoms with E-state index in [9.17, 15) is 14.0 Å². The van der Waals surface area contributed by atoms with Crippen LogP contribution in [-0.4, -0.2) is 30.3 Å². The van der Waals surface area contributed by atoms with Crippen LogP contribution >= 0.6 is 0 Å². The number of hydrogen-bond donors (Lipinski definition) is 1. The summed E-state index contributed by atoms with van der Waals surface area (Å²) in [6.45, 7) is 12.2. The number of hydrogen-bond acceptors (Lipinski definition) is 4. The van der Waals surface area contributed by atoms with Gasteiger partial charge in [0.15, 0.2) is 0 Å². The monoisotopic (exact) mass is 317 g/mol. The first kappa shape index (κ1) is 20.4. The first-order chi connectivity index (χ1) is 9.97. The number of rotatable bonds is 6. The Morgan fingerprint density at radius 2 is 1.77 bits per heavy atom. The molecule has 0 spiro atoms. The van der Waals surface area contributed by atoms with Crippen molar-refractivity contribution in [1.29, 1.82) is 0 Å². The molecule has 5 nitrogen and oxygen atoms in total. The van der Waals surface area contributed by atoms with Crippen molar-refractivity contribution >= 4 is 12.1 Å².